The average Bonchev–Trinajstić information content (AvgIpc) is 2.69. The maximum absolute atomic E-state index is 11.5. The summed E-state index contributed by atoms with van der Waals surface area (Å²) in [4.78, 5) is 17.2. The number of H-pyrrole nitrogens is 1. The highest BCUT2D eigenvalue weighted by Crippen LogP contribution is 2.34. The third kappa shape index (κ3) is 4.72. The first-order valence-electron chi connectivity index (χ1n) is 9.12. The Kier molecular flexibility index (Phi) is 6.20. The first-order chi connectivity index (χ1) is 13.1. The lowest BCUT2D eigenvalue weighted by molar-refractivity contribution is -1.02. The van der Waals surface area contributed by atoms with Crippen molar-refractivity contribution in [1.29, 1.82) is 0 Å². The van der Waals surface area contributed by atoms with E-state index in [0.29, 0.717) is 23.6 Å². The highest BCUT2D eigenvalue weighted by molar-refractivity contribution is 5.54. The van der Waals surface area contributed by atoms with Gasteiger partial charge >= 0.3 is 0 Å². The fourth-order valence-corrected chi connectivity index (χ4v) is 3.63. The summed E-state index contributed by atoms with van der Waals surface area (Å²) in [5.74, 6) is 0.916. The zero-order valence-corrected chi connectivity index (χ0v) is 15.8. The number of piperazine rings is 1. The van der Waals surface area contributed by atoms with E-state index in [1.807, 2.05) is 18.5 Å². The van der Waals surface area contributed by atoms with E-state index in [1.54, 1.807) is 18.1 Å². The summed E-state index contributed by atoms with van der Waals surface area (Å²) in [5.41, 5.74) is 2.08. The minimum absolute atomic E-state index is 0.0924. The second kappa shape index (κ2) is 8.79. The van der Waals surface area contributed by atoms with E-state index in [4.69, 9.17) is 9.47 Å². The second-order valence-electron chi connectivity index (χ2n) is 6.86. The number of methoxy groups -OCH3 is 2. The summed E-state index contributed by atoms with van der Waals surface area (Å²) >= 11 is 0. The van der Waals surface area contributed by atoms with Crippen LogP contribution in [0.4, 0.5) is 5.69 Å². The molecule has 144 valence electrons. The number of pyridine rings is 1. The molecule has 2 aromatic rings. The number of aromatic amines is 1. The number of hydrogen-bond acceptors (Lipinski definition) is 4. The molecule has 0 spiro atoms. The number of hydrogen-bond donors (Lipinski definition) is 2. The maximum Gasteiger partial charge on any atom is 0.282 e. The summed E-state index contributed by atoms with van der Waals surface area (Å²) in [5, 5.41) is 11.5. The van der Waals surface area contributed by atoms with Crippen LogP contribution in [0.1, 0.15) is 11.1 Å². The number of rotatable bonds is 7. The lowest BCUT2D eigenvalue weighted by Gasteiger charge is -2.29. The number of quaternary nitrogens is 2. The van der Waals surface area contributed by atoms with Crippen LogP contribution in [0.2, 0.25) is 0 Å². The van der Waals surface area contributed by atoms with E-state index in [1.165, 1.54) is 23.6 Å². The van der Waals surface area contributed by atoms with E-state index < -0.39 is 0 Å². The molecular formula is C19H27N4O4+3. The molecule has 1 aliphatic heterocycles. The van der Waals surface area contributed by atoms with Crippen LogP contribution in [0.5, 0.6) is 11.5 Å². The lowest BCUT2D eigenvalue weighted by atomic mass is 10.1. The Morgan fingerprint density at radius 1 is 1.07 bits per heavy atom. The lowest BCUT2D eigenvalue weighted by Crippen LogP contribution is -3.27. The van der Waals surface area contributed by atoms with Gasteiger partial charge in [0.05, 0.1) is 36.3 Å². The van der Waals surface area contributed by atoms with Crippen LogP contribution in [0, 0.1) is 10.1 Å². The van der Waals surface area contributed by atoms with Crippen LogP contribution in [-0.4, -0.2) is 45.3 Å². The molecule has 0 bridgehead atoms. The van der Waals surface area contributed by atoms with Gasteiger partial charge < -0.3 is 19.3 Å². The van der Waals surface area contributed by atoms with Crippen molar-refractivity contribution < 1.29 is 29.2 Å². The SMILES string of the molecule is COc1cc(C[NH+]2CC[NH+](Cc3ccc[nH+]c3)CC2)c([N+](=O)[O-])cc1OC. The van der Waals surface area contributed by atoms with Crippen LogP contribution < -0.4 is 24.3 Å². The Hall–Kier alpha value is -2.71. The van der Waals surface area contributed by atoms with Gasteiger partial charge in [-0.3, -0.25) is 10.1 Å². The van der Waals surface area contributed by atoms with Gasteiger partial charge in [-0.25, -0.2) is 4.98 Å². The number of ether oxygens (including phenoxy) is 2. The Morgan fingerprint density at radius 2 is 1.70 bits per heavy atom. The molecule has 1 saturated heterocycles. The van der Waals surface area contributed by atoms with Crippen LogP contribution in [0.15, 0.2) is 36.7 Å². The summed E-state index contributed by atoms with van der Waals surface area (Å²) in [6, 6.07) is 7.35. The van der Waals surface area contributed by atoms with E-state index in [2.05, 4.69) is 11.1 Å². The van der Waals surface area contributed by atoms with Crippen molar-refractivity contribution in [3.63, 3.8) is 0 Å². The van der Waals surface area contributed by atoms with Gasteiger partial charge in [0.25, 0.3) is 5.69 Å². The first-order valence-corrected chi connectivity index (χ1v) is 9.12. The first kappa shape index (κ1) is 19.1. The molecule has 8 heteroatoms. The van der Waals surface area contributed by atoms with Gasteiger partial charge in [0.15, 0.2) is 23.9 Å². The van der Waals surface area contributed by atoms with Crippen molar-refractivity contribution in [2.75, 3.05) is 40.4 Å². The van der Waals surface area contributed by atoms with Crippen LogP contribution in [0.3, 0.4) is 0 Å². The molecule has 0 saturated carbocycles. The molecule has 0 amide bonds. The number of nitro benzene ring substituents is 1. The summed E-state index contributed by atoms with van der Waals surface area (Å²) in [7, 11) is 3.03. The molecule has 2 heterocycles. The minimum Gasteiger partial charge on any atom is -0.493 e. The molecule has 1 aliphatic rings. The fourth-order valence-electron chi connectivity index (χ4n) is 3.63. The molecule has 3 rings (SSSR count). The van der Waals surface area contributed by atoms with Crippen LogP contribution >= 0.6 is 0 Å². The predicted molar refractivity (Wildman–Crippen MR) is 98.0 cm³/mol. The number of nitro groups is 1. The van der Waals surface area contributed by atoms with Gasteiger partial charge in [-0.05, 0) is 12.1 Å². The monoisotopic (exact) mass is 375 g/mol. The molecule has 0 atom stereocenters. The summed E-state index contributed by atoms with van der Waals surface area (Å²) < 4.78 is 10.5. The van der Waals surface area contributed by atoms with Gasteiger partial charge in [0.1, 0.15) is 39.3 Å². The normalized spacial score (nSPS) is 19.5. The third-order valence-corrected chi connectivity index (χ3v) is 5.11. The van der Waals surface area contributed by atoms with E-state index in [0.717, 1.165) is 32.7 Å². The number of benzene rings is 1. The highest BCUT2D eigenvalue weighted by atomic mass is 16.6. The molecule has 0 radical (unpaired) electrons. The van der Waals surface area contributed by atoms with E-state index >= 15 is 0 Å². The van der Waals surface area contributed by atoms with Gasteiger partial charge in [0, 0.05) is 6.07 Å². The zero-order valence-electron chi connectivity index (χ0n) is 15.8. The Labute approximate surface area is 158 Å². The Balaban J connectivity index is 1.65. The predicted octanol–water partition coefficient (Wildman–Crippen LogP) is -1.09. The fraction of sp³-hybridized carbons (Fsp3) is 0.421. The topological polar surface area (TPSA) is 84.6 Å². The molecule has 1 aromatic heterocycles. The summed E-state index contributed by atoms with van der Waals surface area (Å²) in [6.45, 7) is 5.68. The standard InChI is InChI=1S/C19H24N4O4/c1-26-18-10-16(17(23(24)25)11-19(18)27-2)14-22-8-6-21(7-9-22)13-15-4-3-5-20-12-15/h3-5,10-12H,6-9,13-14H2,1-2H3/p+3. The molecule has 1 fully saturated rings. The van der Waals surface area contributed by atoms with Gasteiger partial charge in [-0.1, -0.05) is 0 Å². The van der Waals surface area contributed by atoms with Crippen LogP contribution in [0.25, 0.3) is 0 Å². The Morgan fingerprint density at radius 3 is 2.26 bits per heavy atom. The minimum atomic E-state index is -0.343. The number of nitrogens with zero attached hydrogens (tertiary/aromatic N) is 1. The molecule has 0 unspecified atom stereocenters. The van der Waals surface area contributed by atoms with Gasteiger partial charge in [0.2, 0.25) is 0 Å². The smallest absolute Gasteiger partial charge is 0.282 e. The molecule has 8 nitrogen and oxygen atoms in total. The maximum atomic E-state index is 11.5. The van der Waals surface area contributed by atoms with Crippen molar-refractivity contribution in [2.45, 2.75) is 13.1 Å². The van der Waals surface area contributed by atoms with Gasteiger partial charge in [-0.2, -0.15) is 0 Å². The zero-order chi connectivity index (χ0) is 19.2. The van der Waals surface area contributed by atoms with Crippen molar-refractivity contribution in [3.8, 4) is 11.5 Å². The molecular weight excluding hydrogens is 348 g/mol. The van der Waals surface area contributed by atoms with Crippen molar-refractivity contribution in [3.05, 3.63) is 57.9 Å². The average molecular weight is 375 g/mol. The molecule has 3 N–H and O–H groups in total. The largest absolute Gasteiger partial charge is 0.493 e. The Bertz CT molecular complexity index is 777. The number of nitrogens with one attached hydrogen (secondary N) is 3. The molecule has 1 aromatic carbocycles. The third-order valence-electron chi connectivity index (χ3n) is 5.11. The number of aromatic nitrogens is 1. The van der Waals surface area contributed by atoms with Crippen molar-refractivity contribution in [2.24, 2.45) is 0 Å². The molecule has 0 aliphatic carbocycles. The van der Waals surface area contributed by atoms with Gasteiger partial charge in [-0.15, -0.1) is 0 Å². The van der Waals surface area contributed by atoms with E-state index in [-0.39, 0.29) is 10.6 Å². The van der Waals surface area contributed by atoms with Crippen molar-refractivity contribution >= 4 is 5.69 Å². The highest BCUT2D eigenvalue weighted by Gasteiger charge is 2.27. The van der Waals surface area contributed by atoms with Crippen LogP contribution in [-0.2, 0) is 13.1 Å². The van der Waals surface area contributed by atoms with Crippen molar-refractivity contribution in [1.82, 2.24) is 0 Å². The quantitative estimate of drug-likeness (QED) is 0.476. The second-order valence-corrected chi connectivity index (χ2v) is 6.86. The molecule has 27 heavy (non-hydrogen) atoms. The summed E-state index contributed by atoms with van der Waals surface area (Å²) in [6.07, 6.45) is 3.95. The van der Waals surface area contributed by atoms with E-state index in [9.17, 15) is 10.1 Å².